The summed E-state index contributed by atoms with van der Waals surface area (Å²) in [5, 5.41) is 0. The van der Waals surface area contributed by atoms with Crippen LogP contribution < -0.4 is 0 Å². The van der Waals surface area contributed by atoms with E-state index in [0.29, 0.717) is 19.1 Å². The number of benzene rings is 1. The van der Waals surface area contributed by atoms with Gasteiger partial charge < -0.3 is 4.90 Å². The van der Waals surface area contributed by atoms with E-state index in [1.807, 2.05) is 0 Å². The van der Waals surface area contributed by atoms with Crippen LogP contribution in [0.2, 0.25) is 0 Å². The van der Waals surface area contributed by atoms with Crippen molar-refractivity contribution in [3.63, 3.8) is 0 Å². The lowest BCUT2D eigenvalue weighted by Gasteiger charge is -2.39. The van der Waals surface area contributed by atoms with Gasteiger partial charge in [0, 0.05) is 43.3 Å². The topological polar surface area (TPSA) is 23.6 Å². The highest BCUT2D eigenvalue weighted by molar-refractivity contribution is 5.79. The molecule has 0 saturated carbocycles. The summed E-state index contributed by atoms with van der Waals surface area (Å²) >= 11 is 0. The smallest absolute Gasteiger partial charge is 0.227 e. The summed E-state index contributed by atoms with van der Waals surface area (Å²) in [6, 6.07) is 1.44. The minimum absolute atomic E-state index is 0.219. The first-order valence-corrected chi connectivity index (χ1v) is 8.53. The van der Waals surface area contributed by atoms with E-state index in [0.717, 1.165) is 32.0 Å². The molecule has 1 amide bonds. The van der Waals surface area contributed by atoms with Crippen LogP contribution in [0.25, 0.3) is 0 Å². The molecule has 3 nitrogen and oxygen atoms in total. The lowest BCUT2D eigenvalue weighted by atomic mass is 10.1. The van der Waals surface area contributed by atoms with E-state index in [1.165, 1.54) is 6.92 Å². The van der Waals surface area contributed by atoms with Crippen LogP contribution in [0.5, 0.6) is 0 Å². The molecular weight excluding hydrogens is 317 g/mol. The average Bonchev–Trinajstić information content (AvgIpc) is 2.59. The van der Waals surface area contributed by atoms with Gasteiger partial charge in [-0.3, -0.25) is 9.69 Å². The Morgan fingerprint density at radius 1 is 1.08 bits per heavy atom. The van der Waals surface area contributed by atoms with E-state index in [2.05, 4.69) is 18.7 Å². The molecule has 0 radical (unpaired) electrons. The van der Waals surface area contributed by atoms with Crippen molar-refractivity contribution in [2.75, 3.05) is 26.2 Å². The Hall–Kier alpha value is -1.56. The number of amides is 1. The molecule has 134 valence electrons. The first-order valence-electron chi connectivity index (χ1n) is 8.53. The molecule has 0 unspecified atom stereocenters. The Morgan fingerprint density at radius 2 is 1.67 bits per heavy atom. The van der Waals surface area contributed by atoms with Crippen molar-refractivity contribution in [3.8, 4) is 0 Å². The van der Waals surface area contributed by atoms with Crippen molar-refractivity contribution >= 4 is 5.91 Å². The molecule has 1 heterocycles. The van der Waals surface area contributed by atoms with E-state index in [9.17, 15) is 18.0 Å². The number of nitrogens with zero attached hydrogens (tertiary/aromatic N) is 2. The number of hydrogen-bond acceptors (Lipinski definition) is 2. The normalized spacial score (nSPS) is 16.0. The molecule has 1 aromatic carbocycles. The number of hydrogen-bond donors (Lipinski definition) is 0. The van der Waals surface area contributed by atoms with Crippen molar-refractivity contribution in [1.82, 2.24) is 9.80 Å². The lowest BCUT2D eigenvalue weighted by molar-refractivity contribution is -0.132. The Kier molecular flexibility index (Phi) is 6.27. The van der Waals surface area contributed by atoms with Crippen LogP contribution in [0.3, 0.4) is 0 Å². The third-order valence-electron chi connectivity index (χ3n) is 4.93. The summed E-state index contributed by atoms with van der Waals surface area (Å²) in [6.07, 6.45) is 1.82. The molecule has 0 spiro atoms. The first-order chi connectivity index (χ1) is 11.4. The second-order valence-corrected chi connectivity index (χ2v) is 6.33. The van der Waals surface area contributed by atoms with E-state index in [-0.39, 0.29) is 23.5 Å². The fourth-order valence-electron chi connectivity index (χ4n) is 3.28. The molecule has 0 aliphatic carbocycles. The van der Waals surface area contributed by atoms with E-state index >= 15 is 0 Å². The molecule has 24 heavy (non-hydrogen) atoms. The second-order valence-electron chi connectivity index (χ2n) is 6.33. The van der Waals surface area contributed by atoms with E-state index in [4.69, 9.17) is 0 Å². The van der Waals surface area contributed by atoms with Gasteiger partial charge in [0.2, 0.25) is 5.91 Å². The largest absolute Gasteiger partial charge is 0.340 e. The van der Waals surface area contributed by atoms with Gasteiger partial charge in [0.05, 0.1) is 6.42 Å². The quantitative estimate of drug-likeness (QED) is 0.767. The lowest BCUT2D eigenvalue weighted by Crippen LogP contribution is -2.52. The maximum absolute atomic E-state index is 13.9. The van der Waals surface area contributed by atoms with Crippen molar-refractivity contribution in [2.45, 2.75) is 46.1 Å². The summed E-state index contributed by atoms with van der Waals surface area (Å²) in [7, 11) is 0. The molecular formula is C18H25F3N2O. The fraction of sp³-hybridized carbons (Fsp3) is 0.611. The maximum atomic E-state index is 13.9. The SMILES string of the molecule is CCC(CC)N1CCN(C(=O)Cc2cc(F)c(C)c(F)c2F)CC1. The fourth-order valence-corrected chi connectivity index (χ4v) is 3.28. The Labute approximate surface area is 141 Å². The van der Waals surface area contributed by atoms with Gasteiger partial charge in [-0.15, -0.1) is 0 Å². The third kappa shape index (κ3) is 3.91. The van der Waals surface area contributed by atoms with Gasteiger partial charge in [-0.2, -0.15) is 0 Å². The van der Waals surface area contributed by atoms with Gasteiger partial charge in [0.25, 0.3) is 0 Å². The standard InChI is InChI=1S/C18H25F3N2O/c1-4-14(5-2)22-6-8-23(9-7-22)16(24)11-13-10-15(19)12(3)17(20)18(13)21/h10,14H,4-9,11H2,1-3H3. The molecule has 0 atom stereocenters. The summed E-state index contributed by atoms with van der Waals surface area (Å²) in [4.78, 5) is 16.3. The number of carbonyl (C=O) groups excluding carboxylic acids is 1. The Morgan fingerprint density at radius 3 is 2.21 bits per heavy atom. The molecule has 0 N–H and O–H groups in total. The molecule has 0 aromatic heterocycles. The second kappa shape index (κ2) is 8.01. The monoisotopic (exact) mass is 342 g/mol. The highest BCUT2D eigenvalue weighted by Gasteiger charge is 2.26. The number of halogens is 3. The highest BCUT2D eigenvalue weighted by Crippen LogP contribution is 2.21. The predicted molar refractivity (Wildman–Crippen MR) is 87.3 cm³/mol. The van der Waals surface area contributed by atoms with Crippen molar-refractivity contribution < 1.29 is 18.0 Å². The van der Waals surface area contributed by atoms with Gasteiger partial charge in [-0.1, -0.05) is 13.8 Å². The van der Waals surface area contributed by atoms with Crippen LogP contribution >= 0.6 is 0 Å². The van der Waals surface area contributed by atoms with Crippen LogP contribution in [-0.4, -0.2) is 47.9 Å². The molecule has 2 rings (SSSR count). The molecule has 1 aliphatic rings. The summed E-state index contributed by atoms with van der Waals surface area (Å²) in [5.74, 6) is -3.45. The Bertz CT molecular complexity index is 594. The zero-order valence-corrected chi connectivity index (χ0v) is 14.5. The van der Waals surface area contributed by atoms with Crippen molar-refractivity contribution in [3.05, 3.63) is 34.6 Å². The average molecular weight is 342 g/mol. The van der Waals surface area contributed by atoms with Gasteiger partial charge >= 0.3 is 0 Å². The molecule has 0 bridgehead atoms. The predicted octanol–water partition coefficient (Wildman–Crippen LogP) is 3.29. The molecule has 1 aliphatic heterocycles. The van der Waals surface area contributed by atoms with Crippen LogP contribution in [0.15, 0.2) is 6.07 Å². The maximum Gasteiger partial charge on any atom is 0.227 e. The summed E-state index contributed by atoms with van der Waals surface area (Å²) < 4.78 is 41.1. The molecule has 1 aromatic rings. The van der Waals surface area contributed by atoms with Crippen LogP contribution in [0.4, 0.5) is 13.2 Å². The number of rotatable bonds is 5. The van der Waals surface area contributed by atoms with Gasteiger partial charge in [0.15, 0.2) is 11.6 Å². The number of carbonyl (C=O) groups is 1. The molecule has 1 saturated heterocycles. The zero-order chi connectivity index (χ0) is 17.9. The Balaban J connectivity index is 2.00. The van der Waals surface area contributed by atoms with E-state index in [1.54, 1.807) is 4.90 Å². The molecule has 6 heteroatoms. The van der Waals surface area contributed by atoms with Gasteiger partial charge in [-0.05, 0) is 25.8 Å². The van der Waals surface area contributed by atoms with E-state index < -0.39 is 17.5 Å². The minimum atomic E-state index is -1.21. The first kappa shape index (κ1) is 18.8. The van der Waals surface area contributed by atoms with Crippen molar-refractivity contribution in [1.29, 1.82) is 0 Å². The highest BCUT2D eigenvalue weighted by atomic mass is 19.2. The van der Waals surface area contributed by atoms with Crippen LogP contribution in [0.1, 0.15) is 37.8 Å². The summed E-state index contributed by atoms with van der Waals surface area (Å²) in [6.45, 7) is 8.15. The molecule has 1 fully saturated rings. The minimum Gasteiger partial charge on any atom is -0.340 e. The van der Waals surface area contributed by atoms with Gasteiger partial charge in [0.1, 0.15) is 5.82 Å². The van der Waals surface area contributed by atoms with Gasteiger partial charge in [-0.25, -0.2) is 13.2 Å². The third-order valence-corrected chi connectivity index (χ3v) is 4.93. The van der Waals surface area contributed by atoms with Crippen LogP contribution in [0, 0.1) is 24.4 Å². The number of piperazine rings is 1. The zero-order valence-electron chi connectivity index (χ0n) is 14.5. The van der Waals surface area contributed by atoms with Crippen molar-refractivity contribution in [2.24, 2.45) is 0 Å². The summed E-state index contributed by atoms with van der Waals surface area (Å²) in [5.41, 5.74) is -0.578. The van der Waals surface area contributed by atoms with Crippen LogP contribution in [-0.2, 0) is 11.2 Å².